The molecule has 0 saturated heterocycles. The Kier molecular flexibility index (Phi) is 14.2. The van der Waals surface area contributed by atoms with E-state index in [9.17, 15) is 10.2 Å². The molecule has 37 heavy (non-hydrogen) atoms. The molecule has 0 amide bonds. The molecule has 0 bridgehead atoms. The summed E-state index contributed by atoms with van der Waals surface area (Å²) in [5.41, 5.74) is 6.64. The Labute approximate surface area is 227 Å². The first-order valence-electron chi connectivity index (χ1n) is 10.9. The van der Waals surface area contributed by atoms with Crippen molar-refractivity contribution < 1.29 is 46.8 Å². The fourth-order valence-electron chi connectivity index (χ4n) is 3.12. The molecule has 0 atom stereocenters. The van der Waals surface area contributed by atoms with E-state index in [1.54, 1.807) is 12.4 Å². The molecule has 9 heteroatoms. The van der Waals surface area contributed by atoms with Gasteiger partial charge in [0.15, 0.2) is 0 Å². The van der Waals surface area contributed by atoms with Gasteiger partial charge in [-0.15, -0.1) is 0 Å². The third-order valence-electron chi connectivity index (χ3n) is 4.48. The molecule has 3 aromatic rings. The summed E-state index contributed by atoms with van der Waals surface area (Å²) >= 11 is 0. The number of rotatable bonds is 4. The standard InChI is InChI=1S/C24H24N2O2.2C2H4O2.Co/c1-15-8-17(3)23(27)19(10-15)13-25-21-6-5-7-22(12-21)26-14-20-11-16(2)9-18(4)24(20)28;2*1-2(3)4;/h5-14,27-28H,1-4H3;2*1H3,(H,3,4);/q;;;+2/p-2. The summed E-state index contributed by atoms with van der Waals surface area (Å²) in [6, 6.07) is 15.2. The number of carbonyl (C=O) groups is 2. The van der Waals surface area contributed by atoms with Crippen LogP contribution in [0.5, 0.6) is 11.5 Å². The summed E-state index contributed by atoms with van der Waals surface area (Å²) in [6.07, 6.45) is 3.32. The fraction of sp³-hybridized carbons (Fsp3) is 0.214. The zero-order valence-corrected chi connectivity index (χ0v) is 22.6. The van der Waals surface area contributed by atoms with Gasteiger partial charge in [-0.3, -0.25) is 9.98 Å². The summed E-state index contributed by atoms with van der Waals surface area (Å²) in [7, 11) is 0. The molecule has 0 fully saturated rings. The van der Waals surface area contributed by atoms with Crippen LogP contribution in [0.25, 0.3) is 0 Å². The summed E-state index contributed by atoms with van der Waals surface area (Å²) in [4.78, 5) is 26.7. The maximum absolute atomic E-state index is 10.2. The summed E-state index contributed by atoms with van der Waals surface area (Å²) in [5, 5.41) is 38.2. The number of carboxylic acids is 2. The Morgan fingerprint density at radius 3 is 1.35 bits per heavy atom. The van der Waals surface area contributed by atoms with E-state index in [4.69, 9.17) is 19.8 Å². The minimum absolute atomic E-state index is 0. The van der Waals surface area contributed by atoms with E-state index in [2.05, 4.69) is 9.98 Å². The zero-order valence-electron chi connectivity index (χ0n) is 21.5. The van der Waals surface area contributed by atoms with Crippen molar-refractivity contribution in [3.63, 3.8) is 0 Å². The molecule has 3 aromatic carbocycles. The van der Waals surface area contributed by atoms with Crippen molar-refractivity contribution >= 4 is 35.7 Å². The van der Waals surface area contributed by atoms with Gasteiger partial charge in [0.2, 0.25) is 0 Å². The molecule has 0 heterocycles. The van der Waals surface area contributed by atoms with Gasteiger partial charge >= 0.3 is 16.8 Å². The van der Waals surface area contributed by atoms with E-state index >= 15 is 0 Å². The molecule has 0 aliphatic carbocycles. The van der Waals surface area contributed by atoms with Crippen molar-refractivity contribution in [3.8, 4) is 11.5 Å². The number of hydrogen-bond donors (Lipinski definition) is 2. The van der Waals surface area contributed by atoms with E-state index in [1.165, 1.54) is 0 Å². The first-order chi connectivity index (χ1) is 16.8. The maximum Gasteiger partial charge on any atom is 2.00 e. The van der Waals surface area contributed by atoms with Gasteiger partial charge in [0, 0.05) is 35.5 Å². The Morgan fingerprint density at radius 2 is 1.03 bits per heavy atom. The van der Waals surface area contributed by atoms with E-state index in [-0.39, 0.29) is 28.3 Å². The van der Waals surface area contributed by atoms with Crippen molar-refractivity contribution in [3.05, 3.63) is 81.9 Å². The van der Waals surface area contributed by atoms with E-state index in [0.717, 1.165) is 47.5 Å². The van der Waals surface area contributed by atoms with E-state index < -0.39 is 11.9 Å². The quantitative estimate of drug-likeness (QED) is 0.478. The van der Waals surface area contributed by atoms with Crippen LogP contribution in [0, 0.1) is 27.7 Å². The molecular weight excluding hydrogens is 519 g/mol. The number of hydrogen-bond acceptors (Lipinski definition) is 8. The molecule has 0 aliphatic heterocycles. The topological polar surface area (TPSA) is 145 Å². The number of carbonyl (C=O) groups excluding carboxylic acids is 2. The number of aryl methyl sites for hydroxylation is 4. The normalized spacial score (nSPS) is 10.1. The molecule has 1 radical (unpaired) electrons. The number of phenolic OH excluding ortho intramolecular Hbond substituents is 2. The van der Waals surface area contributed by atoms with Gasteiger partial charge in [-0.25, -0.2) is 0 Å². The first-order valence-corrected chi connectivity index (χ1v) is 10.9. The summed E-state index contributed by atoms with van der Waals surface area (Å²) in [6.45, 7) is 9.66. The number of nitrogens with zero attached hydrogens (tertiary/aromatic N) is 2. The number of aliphatic imine (C=N–C) groups is 2. The van der Waals surface area contributed by atoms with Crippen LogP contribution >= 0.6 is 0 Å². The molecule has 0 saturated carbocycles. The van der Waals surface area contributed by atoms with Crippen LogP contribution in [0.1, 0.15) is 47.2 Å². The number of aliphatic carboxylic acids is 2. The number of carboxylic acid groups (broad SMARTS) is 2. The van der Waals surface area contributed by atoms with Crippen molar-refractivity contribution in [2.24, 2.45) is 9.98 Å². The Morgan fingerprint density at radius 1 is 0.703 bits per heavy atom. The molecular formula is C28H30CoN2O6. The van der Waals surface area contributed by atoms with Crippen LogP contribution in [0.4, 0.5) is 11.4 Å². The van der Waals surface area contributed by atoms with Crippen LogP contribution in [-0.2, 0) is 26.4 Å². The molecule has 2 N–H and O–H groups in total. The molecule has 3 rings (SSSR count). The monoisotopic (exact) mass is 549 g/mol. The minimum Gasteiger partial charge on any atom is -0.550 e. The Balaban J connectivity index is 0.00000127. The van der Waals surface area contributed by atoms with E-state index in [0.29, 0.717) is 11.1 Å². The Hall–Kier alpha value is -3.95. The number of phenols is 2. The second kappa shape index (κ2) is 15.9. The van der Waals surface area contributed by atoms with Crippen LogP contribution < -0.4 is 10.2 Å². The predicted octanol–water partition coefficient (Wildman–Crippen LogP) is 3.34. The van der Waals surface area contributed by atoms with Gasteiger partial charge in [-0.05, 0) is 94.1 Å². The number of benzene rings is 3. The van der Waals surface area contributed by atoms with Crippen molar-refractivity contribution in [2.45, 2.75) is 41.5 Å². The molecule has 0 aliphatic rings. The number of aromatic hydroxyl groups is 2. The van der Waals surface area contributed by atoms with Crippen LogP contribution in [-0.4, -0.2) is 34.6 Å². The SMILES string of the molecule is CC(=O)[O-].CC(=O)[O-].Cc1cc(C)c(O)c(C=Nc2cccc(N=Cc3cc(C)cc(C)c3O)c2)c1.[Co+2]. The Bertz CT molecular complexity index is 1180. The van der Waals surface area contributed by atoms with Crippen LogP contribution in [0.15, 0.2) is 58.5 Å². The minimum atomic E-state index is -1.08. The van der Waals surface area contributed by atoms with Crippen molar-refractivity contribution in [2.75, 3.05) is 0 Å². The third kappa shape index (κ3) is 12.5. The second-order valence-electron chi connectivity index (χ2n) is 8.06. The van der Waals surface area contributed by atoms with Gasteiger partial charge in [-0.1, -0.05) is 18.2 Å². The molecule has 197 valence electrons. The smallest absolute Gasteiger partial charge is 0.550 e. The average molecular weight is 549 g/mol. The van der Waals surface area contributed by atoms with Gasteiger partial charge in [0.1, 0.15) is 11.5 Å². The first kappa shape index (κ1) is 33.0. The van der Waals surface area contributed by atoms with Crippen LogP contribution in [0.2, 0.25) is 0 Å². The second-order valence-corrected chi connectivity index (χ2v) is 8.06. The zero-order chi connectivity index (χ0) is 27.4. The molecule has 8 nitrogen and oxygen atoms in total. The van der Waals surface area contributed by atoms with Gasteiger partial charge in [0.25, 0.3) is 0 Å². The summed E-state index contributed by atoms with van der Waals surface area (Å²) < 4.78 is 0. The molecule has 0 unspecified atom stereocenters. The predicted molar refractivity (Wildman–Crippen MR) is 137 cm³/mol. The molecule has 0 aromatic heterocycles. The summed E-state index contributed by atoms with van der Waals surface area (Å²) in [5.74, 6) is -1.68. The molecule has 0 spiro atoms. The largest absolute Gasteiger partial charge is 2.00 e. The van der Waals surface area contributed by atoms with Gasteiger partial charge < -0.3 is 30.0 Å². The van der Waals surface area contributed by atoms with Crippen molar-refractivity contribution in [1.29, 1.82) is 0 Å². The average Bonchev–Trinajstić information content (AvgIpc) is 2.76. The van der Waals surface area contributed by atoms with Crippen LogP contribution in [0.3, 0.4) is 0 Å². The van der Waals surface area contributed by atoms with E-state index in [1.807, 2.05) is 76.2 Å². The maximum atomic E-state index is 10.2. The van der Waals surface area contributed by atoms with Crippen molar-refractivity contribution in [1.82, 2.24) is 0 Å². The fourth-order valence-corrected chi connectivity index (χ4v) is 3.12. The van der Waals surface area contributed by atoms with Gasteiger partial charge in [-0.2, -0.15) is 0 Å². The van der Waals surface area contributed by atoms with Gasteiger partial charge in [0.05, 0.1) is 11.4 Å². The third-order valence-corrected chi connectivity index (χ3v) is 4.48.